The summed E-state index contributed by atoms with van der Waals surface area (Å²) in [4.78, 5) is 30.7. The van der Waals surface area contributed by atoms with Crippen LogP contribution < -0.4 is 0 Å². The summed E-state index contributed by atoms with van der Waals surface area (Å²) in [5.74, 6) is -2.58. The van der Waals surface area contributed by atoms with Gasteiger partial charge in [0.2, 0.25) is 6.29 Å². The van der Waals surface area contributed by atoms with Crippen LogP contribution in [0, 0.1) is 10.1 Å². The topological polar surface area (TPSA) is 86.5 Å². The first-order valence-corrected chi connectivity index (χ1v) is 4.65. The highest BCUT2D eigenvalue weighted by Crippen LogP contribution is 2.24. The SMILES string of the molecule is O=[C]C(OC(=O)C(F)(F)F)c1cccc([N+](=O)[O-])c1. The molecule has 19 heavy (non-hydrogen) atoms. The molecule has 1 unspecified atom stereocenters. The molecule has 0 saturated carbocycles. The average Bonchev–Trinajstić information content (AvgIpc) is 2.34. The van der Waals surface area contributed by atoms with Crippen LogP contribution in [-0.2, 0) is 14.3 Å². The number of hydrogen-bond donors (Lipinski definition) is 0. The minimum absolute atomic E-state index is 0.276. The molecule has 0 fully saturated rings. The van der Waals surface area contributed by atoms with Crippen LogP contribution in [-0.4, -0.2) is 23.4 Å². The van der Waals surface area contributed by atoms with E-state index in [1.807, 2.05) is 0 Å². The standard InChI is InChI=1S/C10H5F3NO5/c11-10(12,13)9(16)19-8(5-15)6-2-1-3-7(4-6)14(17)18/h1-4,8H. The first-order valence-electron chi connectivity index (χ1n) is 4.65. The molecule has 101 valence electrons. The number of nitrogens with zero attached hydrogens (tertiary/aromatic N) is 1. The van der Waals surface area contributed by atoms with E-state index in [4.69, 9.17) is 0 Å². The fourth-order valence-electron chi connectivity index (χ4n) is 1.14. The monoisotopic (exact) mass is 276 g/mol. The maximum atomic E-state index is 12.0. The van der Waals surface area contributed by atoms with Crippen LogP contribution in [0.1, 0.15) is 11.7 Å². The molecule has 9 heteroatoms. The molecule has 0 saturated heterocycles. The van der Waals surface area contributed by atoms with Crippen molar-refractivity contribution in [1.29, 1.82) is 0 Å². The highest BCUT2D eigenvalue weighted by Gasteiger charge is 2.42. The largest absolute Gasteiger partial charge is 0.490 e. The summed E-state index contributed by atoms with van der Waals surface area (Å²) in [6.07, 6.45) is -6.17. The lowest BCUT2D eigenvalue weighted by Gasteiger charge is -2.12. The predicted octanol–water partition coefficient (Wildman–Crippen LogP) is 1.85. The number of carbonyl (C=O) groups excluding carboxylic acids is 2. The predicted molar refractivity (Wildman–Crippen MR) is 53.7 cm³/mol. The number of carbonyl (C=O) groups is 1. The van der Waals surface area contributed by atoms with Crippen LogP contribution in [0.5, 0.6) is 0 Å². The third-order valence-electron chi connectivity index (χ3n) is 1.95. The molecule has 0 aliphatic carbocycles. The fourth-order valence-corrected chi connectivity index (χ4v) is 1.14. The van der Waals surface area contributed by atoms with Crippen molar-refractivity contribution in [1.82, 2.24) is 0 Å². The summed E-state index contributed by atoms with van der Waals surface area (Å²) in [7, 11) is 0. The number of ether oxygens (including phenoxy) is 1. The van der Waals surface area contributed by atoms with E-state index in [1.54, 1.807) is 0 Å². The Kier molecular flexibility index (Phi) is 4.20. The highest BCUT2D eigenvalue weighted by molar-refractivity contribution is 5.78. The molecule has 0 N–H and O–H groups in total. The number of benzene rings is 1. The van der Waals surface area contributed by atoms with Crippen LogP contribution in [0.15, 0.2) is 24.3 Å². The van der Waals surface area contributed by atoms with Gasteiger partial charge < -0.3 is 4.74 Å². The molecule has 0 spiro atoms. The first-order chi connectivity index (χ1) is 8.75. The highest BCUT2D eigenvalue weighted by atomic mass is 19.4. The van der Waals surface area contributed by atoms with Crippen LogP contribution >= 0.6 is 0 Å². The molecule has 1 atom stereocenters. The summed E-state index contributed by atoms with van der Waals surface area (Å²) in [6, 6.07) is 4.13. The quantitative estimate of drug-likeness (QED) is 0.476. The van der Waals surface area contributed by atoms with Gasteiger partial charge in [-0.2, -0.15) is 13.2 Å². The Labute approximate surface area is 103 Å². The molecule has 1 aromatic rings. The first kappa shape index (κ1) is 14.6. The van der Waals surface area contributed by atoms with Crippen LogP contribution in [0.25, 0.3) is 0 Å². The number of esters is 1. The van der Waals surface area contributed by atoms with Gasteiger partial charge in [0, 0.05) is 17.7 Å². The maximum Gasteiger partial charge on any atom is 0.490 e. The molecule has 1 aromatic carbocycles. The van der Waals surface area contributed by atoms with E-state index in [-0.39, 0.29) is 5.56 Å². The number of hydrogen-bond acceptors (Lipinski definition) is 5. The van der Waals surface area contributed by atoms with Gasteiger partial charge in [-0.15, -0.1) is 0 Å². The van der Waals surface area contributed by atoms with Gasteiger partial charge in [-0.3, -0.25) is 14.9 Å². The van der Waals surface area contributed by atoms with Crippen LogP contribution in [0.2, 0.25) is 0 Å². The number of halogens is 3. The Balaban J connectivity index is 2.98. The molecule has 1 radical (unpaired) electrons. The van der Waals surface area contributed by atoms with Gasteiger partial charge in [0.15, 0.2) is 6.10 Å². The van der Waals surface area contributed by atoms with Crippen molar-refractivity contribution < 1.29 is 32.4 Å². The smallest absolute Gasteiger partial charge is 0.442 e. The van der Waals surface area contributed by atoms with E-state index in [0.717, 1.165) is 30.6 Å². The Morgan fingerprint density at radius 1 is 1.42 bits per heavy atom. The minimum Gasteiger partial charge on any atom is -0.442 e. The number of alkyl halides is 3. The summed E-state index contributed by atoms with van der Waals surface area (Å²) in [6.45, 7) is 0. The average molecular weight is 276 g/mol. The molecule has 6 nitrogen and oxygen atoms in total. The van der Waals surface area contributed by atoms with Gasteiger partial charge >= 0.3 is 12.1 Å². The van der Waals surface area contributed by atoms with Crippen molar-refractivity contribution in [2.45, 2.75) is 12.3 Å². The number of nitro groups is 1. The Hall–Kier alpha value is -2.45. The van der Waals surface area contributed by atoms with Crippen LogP contribution in [0.4, 0.5) is 18.9 Å². The van der Waals surface area contributed by atoms with Gasteiger partial charge in [-0.25, -0.2) is 4.79 Å². The van der Waals surface area contributed by atoms with Crippen molar-refractivity contribution in [2.75, 3.05) is 0 Å². The van der Waals surface area contributed by atoms with E-state index in [9.17, 15) is 32.9 Å². The molecular weight excluding hydrogens is 271 g/mol. The van der Waals surface area contributed by atoms with Crippen molar-refractivity contribution >= 4 is 17.9 Å². The minimum atomic E-state index is -5.27. The second-order valence-electron chi connectivity index (χ2n) is 3.25. The van der Waals surface area contributed by atoms with E-state index in [2.05, 4.69) is 4.74 Å². The fraction of sp³-hybridized carbons (Fsp3) is 0.200. The van der Waals surface area contributed by atoms with Gasteiger partial charge in [-0.1, -0.05) is 12.1 Å². The molecule has 0 amide bonds. The second kappa shape index (κ2) is 5.46. The molecule has 0 bridgehead atoms. The van der Waals surface area contributed by atoms with Gasteiger partial charge in [0.25, 0.3) is 5.69 Å². The van der Waals surface area contributed by atoms with Crippen molar-refractivity contribution in [3.8, 4) is 0 Å². The molecule has 0 heterocycles. The second-order valence-corrected chi connectivity index (χ2v) is 3.25. The zero-order valence-corrected chi connectivity index (χ0v) is 9.01. The molecule has 0 aliphatic rings. The lowest BCUT2D eigenvalue weighted by atomic mass is 10.1. The number of nitro benzene ring substituents is 1. The van der Waals surface area contributed by atoms with Crippen LogP contribution in [0.3, 0.4) is 0 Å². The summed E-state index contributed by atoms with van der Waals surface area (Å²) >= 11 is 0. The van der Waals surface area contributed by atoms with E-state index < -0.39 is 28.9 Å². The van der Waals surface area contributed by atoms with E-state index in [0.29, 0.717) is 0 Å². The van der Waals surface area contributed by atoms with E-state index >= 15 is 0 Å². The molecular formula is C10H5F3NO5. The van der Waals surface area contributed by atoms with Crippen molar-refractivity contribution in [2.24, 2.45) is 0 Å². The van der Waals surface area contributed by atoms with Gasteiger partial charge in [0.1, 0.15) is 0 Å². The zero-order valence-electron chi connectivity index (χ0n) is 9.01. The van der Waals surface area contributed by atoms with Crippen molar-refractivity contribution in [3.05, 3.63) is 39.9 Å². The molecule has 0 aliphatic heterocycles. The Bertz CT molecular complexity index is 514. The zero-order chi connectivity index (χ0) is 14.6. The third kappa shape index (κ3) is 3.76. The summed E-state index contributed by atoms with van der Waals surface area (Å²) < 4.78 is 39.7. The lowest BCUT2D eigenvalue weighted by molar-refractivity contribution is -0.385. The third-order valence-corrected chi connectivity index (χ3v) is 1.95. The van der Waals surface area contributed by atoms with Crippen molar-refractivity contribution in [3.63, 3.8) is 0 Å². The Morgan fingerprint density at radius 3 is 2.53 bits per heavy atom. The lowest BCUT2D eigenvalue weighted by Crippen LogP contribution is -2.27. The van der Waals surface area contributed by atoms with E-state index in [1.165, 1.54) is 0 Å². The maximum absolute atomic E-state index is 12.0. The van der Waals surface area contributed by atoms with Gasteiger partial charge in [-0.05, 0) is 0 Å². The normalized spacial score (nSPS) is 12.6. The summed E-state index contributed by atoms with van der Waals surface area (Å²) in [5.41, 5.74) is -0.734. The summed E-state index contributed by atoms with van der Waals surface area (Å²) in [5, 5.41) is 10.5. The number of rotatable bonds is 4. The molecule has 0 aromatic heterocycles. The Morgan fingerprint density at radius 2 is 2.05 bits per heavy atom. The number of non-ortho nitro benzene ring substituents is 1. The van der Waals surface area contributed by atoms with Gasteiger partial charge in [0.05, 0.1) is 4.92 Å². The molecule has 1 rings (SSSR count).